The second-order valence-corrected chi connectivity index (χ2v) is 6.06. The van der Waals surface area contributed by atoms with Gasteiger partial charge in [0, 0.05) is 11.5 Å². The van der Waals surface area contributed by atoms with Crippen molar-refractivity contribution in [3.05, 3.63) is 47.7 Å². The fraction of sp³-hybridized carbons (Fsp3) is 0.375. The Balaban J connectivity index is 2.33. The van der Waals surface area contributed by atoms with Crippen molar-refractivity contribution in [1.82, 2.24) is 9.78 Å². The highest BCUT2D eigenvalue weighted by Crippen LogP contribution is 2.24. The third-order valence-electron chi connectivity index (χ3n) is 3.18. The first-order valence-electron chi connectivity index (χ1n) is 7.02. The maximum Gasteiger partial charge on any atom is 0.239 e. The molecule has 0 fully saturated rings. The number of benzene rings is 1. The summed E-state index contributed by atoms with van der Waals surface area (Å²) in [6.45, 7) is 6.85. The summed E-state index contributed by atoms with van der Waals surface area (Å²) in [4.78, 5) is 11.6. The Hall–Kier alpha value is -2.14. The zero-order chi connectivity index (χ0) is 15.5. The summed E-state index contributed by atoms with van der Waals surface area (Å²) in [5.41, 5.74) is 7.36. The molecular weight excluding hydrogens is 264 g/mol. The van der Waals surface area contributed by atoms with Gasteiger partial charge in [0.2, 0.25) is 5.91 Å². The molecule has 0 spiro atoms. The van der Waals surface area contributed by atoms with Gasteiger partial charge >= 0.3 is 0 Å². The first-order valence-corrected chi connectivity index (χ1v) is 7.02. The van der Waals surface area contributed by atoms with Gasteiger partial charge in [-0.25, -0.2) is 4.68 Å². The quantitative estimate of drug-likeness (QED) is 0.904. The molecule has 0 unspecified atom stereocenters. The van der Waals surface area contributed by atoms with Crippen LogP contribution in [0.4, 0.5) is 5.82 Å². The first-order chi connectivity index (χ1) is 9.90. The molecule has 0 aliphatic rings. The number of rotatable bonds is 4. The highest BCUT2D eigenvalue weighted by molar-refractivity contribution is 5.91. The standard InChI is InChI=1S/C16H22N4O/c1-16(2,3)13-9-14(18-15(21)10-17)20(19-13)11-12-7-5-4-6-8-12/h4-9H,10-11,17H2,1-3H3,(H,18,21). The minimum Gasteiger partial charge on any atom is -0.322 e. The summed E-state index contributed by atoms with van der Waals surface area (Å²) in [6, 6.07) is 11.9. The Morgan fingerprint density at radius 2 is 1.95 bits per heavy atom. The lowest BCUT2D eigenvalue weighted by molar-refractivity contribution is -0.114. The molecule has 1 amide bonds. The highest BCUT2D eigenvalue weighted by Gasteiger charge is 2.20. The van der Waals surface area contributed by atoms with E-state index in [1.54, 1.807) is 0 Å². The van der Waals surface area contributed by atoms with Gasteiger partial charge in [-0.3, -0.25) is 4.79 Å². The van der Waals surface area contributed by atoms with Crippen LogP contribution in [0.15, 0.2) is 36.4 Å². The van der Waals surface area contributed by atoms with Gasteiger partial charge in [0.15, 0.2) is 0 Å². The summed E-state index contributed by atoms with van der Waals surface area (Å²) >= 11 is 0. The lowest BCUT2D eigenvalue weighted by Crippen LogP contribution is -2.23. The van der Waals surface area contributed by atoms with Crippen molar-refractivity contribution in [2.24, 2.45) is 5.73 Å². The third-order valence-corrected chi connectivity index (χ3v) is 3.18. The van der Waals surface area contributed by atoms with E-state index in [1.165, 1.54) is 0 Å². The Labute approximate surface area is 125 Å². The van der Waals surface area contributed by atoms with Crippen molar-refractivity contribution >= 4 is 11.7 Å². The largest absolute Gasteiger partial charge is 0.322 e. The fourth-order valence-corrected chi connectivity index (χ4v) is 1.95. The van der Waals surface area contributed by atoms with Crippen LogP contribution >= 0.6 is 0 Å². The Morgan fingerprint density at radius 1 is 1.29 bits per heavy atom. The number of nitrogens with two attached hydrogens (primary N) is 1. The Morgan fingerprint density at radius 3 is 2.52 bits per heavy atom. The molecule has 1 aromatic carbocycles. The van der Waals surface area contributed by atoms with E-state index in [9.17, 15) is 4.79 Å². The van der Waals surface area contributed by atoms with Gasteiger partial charge in [-0.2, -0.15) is 5.10 Å². The van der Waals surface area contributed by atoms with Crippen LogP contribution in [-0.2, 0) is 16.8 Å². The number of amides is 1. The molecular formula is C16H22N4O. The molecule has 0 atom stereocenters. The summed E-state index contributed by atoms with van der Waals surface area (Å²) < 4.78 is 1.81. The van der Waals surface area contributed by atoms with Gasteiger partial charge in [-0.15, -0.1) is 0 Å². The maximum absolute atomic E-state index is 11.6. The zero-order valence-electron chi connectivity index (χ0n) is 12.8. The van der Waals surface area contributed by atoms with Crippen LogP contribution in [0.25, 0.3) is 0 Å². The molecule has 0 saturated heterocycles. The average Bonchev–Trinajstić information content (AvgIpc) is 2.83. The predicted molar refractivity (Wildman–Crippen MR) is 84.2 cm³/mol. The molecule has 1 heterocycles. The van der Waals surface area contributed by atoms with E-state index in [0.29, 0.717) is 12.4 Å². The minimum atomic E-state index is -0.218. The number of anilines is 1. The zero-order valence-corrected chi connectivity index (χ0v) is 12.8. The van der Waals surface area contributed by atoms with Gasteiger partial charge in [0.05, 0.1) is 18.8 Å². The molecule has 0 bridgehead atoms. The number of hydrogen-bond donors (Lipinski definition) is 2. The van der Waals surface area contributed by atoms with Crippen LogP contribution in [0.3, 0.4) is 0 Å². The molecule has 21 heavy (non-hydrogen) atoms. The summed E-state index contributed by atoms with van der Waals surface area (Å²) in [7, 11) is 0. The molecule has 0 aliphatic carbocycles. The van der Waals surface area contributed by atoms with Gasteiger partial charge < -0.3 is 11.1 Å². The van der Waals surface area contributed by atoms with Crippen molar-refractivity contribution in [2.75, 3.05) is 11.9 Å². The van der Waals surface area contributed by atoms with Gasteiger partial charge in [-0.1, -0.05) is 51.1 Å². The molecule has 5 nitrogen and oxygen atoms in total. The molecule has 1 aromatic heterocycles. The van der Waals surface area contributed by atoms with Gasteiger partial charge in [-0.05, 0) is 5.56 Å². The van der Waals surface area contributed by atoms with E-state index in [2.05, 4.69) is 31.2 Å². The number of carbonyl (C=O) groups is 1. The Kier molecular flexibility index (Phi) is 4.43. The van der Waals surface area contributed by atoms with E-state index >= 15 is 0 Å². The van der Waals surface area contributed by atoms with Crippen LogP contribution in [0.1, 0.15) is 32.0 Å². The van der Waals surface area contributed by atoms with Crippen LogP contribution in [0, 0.1) is 0 Å². The van der Waals surface area contributed by atoms with Crippen LogP contribution < -0.4 is 11.1 Å². The molecule has 0 aliphatic heterocycles. The van der Waals surface area contributed by atoms with E-state index in [0.717, 1.165) is 11.3 Å². The SMILES string of the molecule is CC(C)(C)c1cc(NC(=O)CN)n(Cc2ccccc2)n1. The lowest BCUT2D eigenvalue weighted by atomic mass is 9.92. The molecule has 112 valence electrons. The van der Waals surface area contributed by atoms with Gasteiger partial charge in [0.25, 0.3) is 0 Å². The third kappa shape index (κ3) is 3.92. The summed E-state index contributed by atoms with van der Waals surface area (Å²) in [6.07, 6.45) is 0. The maximum atomic E-state index is 11.6. The lowest BCUT2D eigenvalue weighted by Gasteiger charge is -2.14. The number of hydrogen-bond acceptors (Lipinski definition) is 3. The summed E-state index contributed by atoms with van der Waals surface area (Å²) in [5.74, 6) is 0.462. The smallest absolute Gasteiger partial charge is 0.239 e. The summed E-state index contributed by atoms with van der Waals surface area (Å²) in [5, 5.41) is 7.43. The highest BCUT2D eigenvalue weighted by atomic mass is 16.1. The second-order valence-electron chi connectivity index (χ2n) is 6.06. The van der Waals surface area contributed by atoms with Crippen LogP contribution in [-0.4, -0.2) is 22.2 Å². The predicted octanol–water partition coefficient (Wildman–Crippen LogP) is 2.13. The van der Waals surface area contributed by atoms with Crippen molar-refractivity contribution < 1.29 is 4.79 Å². The topological polar surface area (TPSA) is 72.9 Å². The second kappa shape index (κ2) is 6.10. The van der Waals surface area contributed by atoms with E-state index in [4.69, 9.17) is 5.73 Å². The number of aromatic nitrogens is 2. The normalized spacial score (nSPS) is 11.4. The van der Waals surface area contributed by atoms with E-state index < -0.39 is 0 Å². The van der Waals surface area contributed by atoms with E-state index in [-0.39, 0.29) is 17.9 Å². The Bertz CT molecular complexity index is 611. The molecule has 2 aromatic rings. The monoisotopic (exact) mass is 286 g/mol. The van der Waals surface area contributed by atoms with Crippen LogP contribution in [0.2, 0.25) is 0 Å². The number of carbonyl (C=O) groups excluding carboxylic acids is 1. The van der Waals surface area contributed by atoms with Crippen molar-refractivity contribution in [3.63, 3.8) is 0 Å². The van der Waals surface area contributed by atoms with Crippen molar-refractivity contribution in [3.8, 4) is 0 Å². The number of nitrogens with one attached hydrogen (secondary N) is 1. The molecule has 3 N–H and O–H groups in total. The average molecular weight is 286 g/mol. The fourth-order valence-electron chi connectivity index (χ4n) is 1.95. The molecule has 0 saturated carbocycles. The minimum absolute atomic E-state index is 0.0403. The van der Waals surface area contributed by atoms with Crippen molar-refractivity contribution in [1.29, 1.82) is 0 Å². The van der Waals surface area contributed by atoms with Gasteiger partial charge in [0.1, 0.15) is 5.82 Å². The molecule has 0 radical (unpaired) electrons. The van der Waals surface area contributed by atoms with Crippen LogP contribution in [0.5, 0.6) is 0 Å². The number of nitrogens with zero attached hydrogens (tertiary/aromatic N) is 2. The van der Waals surface area contributed by atoms with E-state index in [1.807, 2.05) is 41.1 Å². The van der Waals surface area contributed by atoms with Crippen molar-refractivity contribution in [2.45, 2.75) is 32.7 Å². The molecule has 2 rings (SSSR count). The first kappa shape index (κ1) is 15.3. The molecule has 5 heteroatoms.